The number of unbranched alkanes of at least 4 members (excludes halogenated alkanes) is 4. The number of amides is 1. The van der Waals surface area contributed by atoms with Crippen LogP contribution in [0.4, 0.5) is 4.79 Å². The van der Waals surface area contributed by atoms with Gasteiger partial charge in [0.25, 0.3) is 0 Å². The van der Waals surface area contributed by atoms with E-state index in [0.29, 0.717) is 25.0 Å². The van der Waals surface area contributed by atoms with Gasteiger partial charge in [0.1, 0.15) is 23.2 Å². The number of carbonyl (C=O) groups is 1. The van der Waals surface area contributed by atoms with Crippen LogP contribution in [-0.4, -0.2) is 50.8 Å². The molecule has 2 N–H and O–H groups in total. The number of aliphatic hydroxyl groups excluding tert-OH is 1. The van der Waals surface area contributed by atoms with E-state index >= 15 is 0 Å². The van der Waals surface area contributed by atoms with Gasteiger partial charge in [-0.1, -0.05) is 146 Å². The van der Waals surface area contributed by atoms with Gasteiger partial charge in [0.05, 0.1) is 26.9 Å². The smallest absolute Gasteiger partial charge is 0.407 e. The molecule has 0 aliphatic heterocycles. The second-order valence-electron chi connectivity index (χ2n) is 21.8. The number of hydrogen-bond acceptors (Lipinski definition) is 6. The molecule has 0 saturated heterocycles. The maximum atomic E-state index is 13.0. The summed E-state index contributed by atoms with van der Waals surface area (Å²) in [6.45, 7) is 13.6. The average Bonchev–Trinajstić information content (AvgIpc) is 3.69. The fourth-order valence-electron chi connectivity index (χ4n) is 13.7. The number of alkyl carbamates (subject to hydrolysis) is 1. The summed E-state index contributed by atoms with van der Waals surface area (Å²) >= 11 is 0. The van der Waals surface area contributed by atoms with Gasteiger partial charge in [-0.3, -0.25) is 0 Å². The lowest BCUT2D eigenvalue weighted by Gasteiger charge is -2.58. The first-order valence-electron chi connectivity index (χ1n) is 26.2. The minimum atomic E-state index is -0.891. The van der Waals surface area contributed by atoms with Crippen molar-refractivity contribution in [2.75, 3.05) is 27.4 Å². The third kappa shape index (κ3) is 11.4. The summed E-state index contributed by atoms with van der Waals surface area (Å²) in [7, 11) is 3.34. The highest BCUT2D eigenvalue weighted by Gasteiger charge is 2.59. The number of hydrogen-bond donors (Lipinski definition) is 2. The highest BCUT2D eigenvalue weighted by molar-refractivity contribution is 5.67. The Morgan fingerprint density at radius 3 is 2.05 bits per heavy atom. The van der Waals surface area contributed by atoms with Crippen molar-refractivity contribution >= 4 is 6.09 Å². The second-order valence-corrected chi connectivity index (χ2v) is 21.8. The van der Waals surface area contributed by atoms with Crippen molar-refractivity contribution in [2.45, 2.75) is 168 Å². The molecule has 9 atom stereocenters. The Hall–Kier alpha value is -3.81. The molecule has 4 aliphatic rings. The van der Waals surface area contributed by atoms with Crippen LogP contribution in [0.1, 0.15) is 167 Å². The van der Waals surface area contributed by atoms with Gasteiger partial charge in [-0.05, 0) is 152 Å². The highest BCUT2D eigenvalue weighted by atomic mass is 16.6. The number of allylic oxidation sites excluding steroid dienone is 1. The van der Waals surface area contributed by atoms with E-state index in [0.717, 1.165) is 121 Å². The van der Waals surface area contributed by atoms with Gasteiger partial charge in [0.15, 0.2) is 0 Å². The summed E-state index contributed by atoms with van der Waals surface area (Å²) in [5.41, 5.74) is 4.43. The number of carbonyl (C=O) groups excluding carboxylic acids is 1. The van der Waals surface area contributed by atoms with E-state index < -0.39 is 11.7 Å². The molecule has 1 amide bonds. The van der Waals surface area contributed by atoms with Crippen molar-refractivity contribution in [2.24, 2.45) is 46.3 Å². The van der Waals surface area contributed by atoms with Gasteiger partial charge >= 0.3 is 6.09 Å². The van der Waals surface area contributed by atoms with Gasteiger partial charge in [-0.15, -0.1) is 0 Å². The Bertz CT molecular complexity index is 1930. The van der Waals surface area contributed by atoms with Crippen molar-refractivity contribution < 1.29 is 28.8 Å². The molecule has 3 fully saturated rings. The third-order valence-corrected chi connectivity index (χ3v) is 17.5. The molecule has 7 rings (SSSR count). The van der Waals surface area contributed by atoms with Crippen LogP contribution >= 0.6 is 0 Å². The van der Waals surface area contributed by atoms with Gasteiger partial charge < -0.3 is 29.4 Å². The quantitative estimate of drug-likeness (QED) is 0.0560. The summed E-state index contributed by atoms with van der Waals surface area (Å²) in [6.07, 6.45) is 22.2. The molecule has 0 heterocycles. The van der Waals surface area contributed by atoms with Crippen LogP contribution in [0.25, 0.3) is 0 Å². The molecule has 3 aromatic rings. The molecule has 5 unspecified atom stereocenters. The van der Waals surface area contributed by atoms with Crippen LogP contribution in [0.2, 0.25) is 0 Å². The third-order valence-electron chi connectivity index (χ3n) is 17.5. The zero-order valence-corrected chi connectivity index (χ0v) is 41.8. The van der Waals surface area contributed by atoms with Crippen LogP contribution in [0.15, 0.2) is 90.5 Å². The number of methoxy groups -OCH3 is 2. The summed E-state index contributed by atoms with van der Waals surface area (Å²) in [5, 5.41) is 14.1. The van der Waals surface area contributed by atoms with E-state index in [-0.39, 0.29) is 17.6 Å². The zero-order chi connectivity index (χ0) is 46.7. The van der Waals surface area contributed by atoms with Crippen molar-refractivity contribution in [3.05, 3.63) is 107 Å². The first-order valence-corrected chi connectivity index (χ1v) is 26.2. The molecule has 0 aromatic heterocycles. The van der Waals surface area contributed by atoms with E-state index in [1.54, 1.807) is 19.8 Å². The summed E-state index contributed by atoms with van der Waals surface area (Å²) in [5.74, 6) is 6.57. The normalized spacial score (nSPS) is 26.9. The van der Waals surface area contributed by atoms with Crippen molar-refractivity contribution in [1.82, 2.24) is 5.32 Å². The standard InChI is InChI=1S/C59H85NO6/c1-42(2)17-16-18-43(3)53-32-33-54-52-31-26-47-41-51(34-37-57(47,4)55(52)35-38-58(53,54)5)66-56(62)60-39-15-10-8-9-14-21-48(61)36-40-65-59(44-19-12-11-13-20-44,45-22-27-49(63-6)28-23-45)46-24-29-50(64-7)30-25-46/h11-13,19-20,22-30,42-43,48,51-55,61H,8-10,14-18,21,31-41H2,1-7H3,(H,60,62)/t43-,48?,51?,52?,53-,54?,55?,57+,58-/m0/s1. The predicted molar refractivity (Wildman–Crippen MR) is 268 cm³/mol. The molecule has 0 spiro atoms. The van der Waals surface area contributed by atoms with E-state index in [2.05, 4.69) is 82.4 Å². The molecule has 7 nitrogen and oxygen atoms in total. The summed E-state index contributed by atoms with van der Waals surface area (Å²) < 4.78 is 24.0. The second kappa shape index (κ2) is 23.0. The Morgan fingerprint density at radius 1 is 0.727 bits per heavy atom. The Balaban J connectivity index is 0.803. The molecule has 4 aliphatic carbocycles. The lowest BCUT2D eigenvalue weighted by molar-refractivity contribution is -0.0581. The molecular weight excluding hydrogens is 819 g/mol. The number of benzene rings is 3. The maximum Gasteiger partial charge on any atom is 0.407 e. The molecule has 0 radical (unpaired) electrons. The Labute approximate surface area is 399 Å². The Kier molecular flexibility index (Phi) is 17.4. The largest absolute Gasteiger partial charge is 0.497 e. The molecule has 0 bridgehead atoms. The Morgan fingerprint density at radius 2 is 1.38 bits per heavy atom. The average molecular weight is 904 g/mol. The highest BCUT2D eigenvalue weighted by Crippen LogP contribution is 2.67. The zero-order valence-electron chi connectivity index (χ0n) is 41.8. The first-order chi connectivity index (χ1) is 31.9. The molecule has 3 aromatic carbocycles. The molecule has 66 heavy (non-hydrogen) atoms. The monoisotopic (exact) mass is 904 g/mol. The summed E-state index contributed by atoms with van der Waals surface area (Å²) in [6, 6.07) is 26.4. The fourth-order valence-corrected chi connectivity index (χ4v) is 13.7. The van der Waals surface area contributed by atoms with Gasteiger partial charge in [0.2, 0.25) is 0 Å². The van der Waals surface area contributed by atoms with Gasteiger partial charge in [-0.2, -0.15) is 0 Å². The molecule has 3 saturated carbocycles. The van der Waals surface area contributed by atoms with Crippen LogP contribution in [0, 0.1) is 46.3 Å². The lowest BCUT2D eigenvalue weighted by Crippen LogP contribution is -2.51. The van der Waals surface area contributed by atoms with E-state index in [9.17, 15) is 9.90 Å². The predicted octanol–water partition coefficient (Wildman–Crippen LogP) is 14.2. The number of fused-ring (bicyclic) bond motifs is 5. The molecule has 7 heteroatoms. The fraction of sp³-hybridized carbons (Fsp3) is 0.644. The topological polar surface area (TPSA) is 86.2 Å². The van der Waals surface area contributed by atoms with Crippen LogP contribution < -0.4 is 14.8 Å². The maximum absolute atomic E-state index is 13.0. The van der Waals surface area contributed by atoms with Crippen LogP contribution in [-0.2, 0) is 15.1 Å². The van der Waals surface area contributed by atoms with Gasteiger partial charge in [-0.25, -0.2) is 4.79 Å². The van der Waals surface area contributed by atoms with Crippen molar-refractivity contribution in [1.29, 1.82) is 0 Å². The number of rotatable bonds is 23. The van der Waals surface area contributed by atoms with E-state index in [4.69, 9.17) is 18.9 Å². The SMILES string of the molecule is COc1ccc(C(OCCC(O)CCCCCCCNC(=O)OC2CC[C@]3(C)C(=CCC4C3CC[C@]3(C)C4CC[C@H]3[C@@H](C)CCCC(C)C)C2)(c2ccccc2)c2ccc(OC)cc2)cc1. The minimum absolute atomic E-state index is 0.0197. The van der Waals surface area contributed by atoms with Crippen LogP contribution in [0.3, 0.4) is 0 Å². The minimum Gasteiger partial charge on any atom is -0.497 e. The molecule has 362 valence electrons. The first kappa shape index (κ1) is 50.1. The molecular formula is C59H85NO6. The number of ether oxygens (including phenoxy) is 4. The van der Waals surface area contributed by atoms with Gasteiger partial charge in [0, 0.05) is 13.0 Å². The van der Waals surface area contributed by atoms with Crippen LogP contribution in [0.5, 0.6) is 11.5 Å². The lowest BCUT2D eigenvalue weighted by atomic mass is 9.47. The number of nitrogens with one attached hydrogen (secondary N) is 1. The number of aliphatic hydroxyl groups is 1. The van der Waals surface area contributed by atoms with Crippen molar-refractivity contribution in [3.8, 4) is 11.5 Å². The summed E-state index contributed by atoms with van der Waals surface area (Å²) in [4.78, 5) is 13.0. The van der Waals surface area contributed by atoms with E-state index in [1.165, 1.54) is 51.4 Å². The van der Waals surface area contributed by atoms with Crippen molar-refractivity contribution in [3.63, 3.8) is 0 Å². The van der Waals surface area contributed by atoms with E-state index in [1.807, 2.05) is 42.5 Å².